The summed E-state index contributed by atoms with van der Waals surface area (Å²) < 4.78 is 0. The van der Waals surface area contributed by atoms with Crippen molar-refractivity contribution >= 4 is 33.3 Å². The molecule has 3 rings (SSSR count). The number of rotatable bonds is 2. The summed E-state index contributed by atoms with van der Waals surface area (Å²) in [6.07, 6.45) is 2.50. The zero-order chi connectivity index (χ0) is 13.4. The van der Waals surface area contributed by atoms with Crippen LogP contribution >= 0.6 is 11.3 Å². The van der Waals surface area contributed by atoms with Crippen LogP contribution in [-0.2, 0) is 0 Å². The van der Waals surface area contributed by atoms with Gasteiger partial charge in [-0.2, -0.15) is 4.98 Å². The molecule has 1 saturated heterocycles. The largest absolute Gasteiger partial charge is 0.353 e. The highest BCUT2D eigenvalue weighted by atomic mass is 32.1. The van der Waals surface area contributed by atoms with E-state index in [0.717, 1.165) is 22.6 Å². The molecule has 1 fully saturated rings. The SMILES string of the molecule is CC1CCCN(c2nc(NN)nc3sccc23)C1C. The van der Waals surface area contributed by atoms with Crippen LogP contribution in [0, 0.1) is 5.92 Å². The average Bonchev–Trinajstić information content (AvgIpc) is 2.89. The van der Waals surface area contributed by atoms with E-state index >= 15 is 0 Å². The number of nitrogens with one attached hydrogen (secondary N) is 1. The Hall–Kier alpha value is -1.40. The molecule has 19 heavy (non-hydrogen) atoms. The van der Waals surface area contributed by atoms with Crippen LogP contribution in [0.3, 0.4) is 0 Å². The van der Waals surface area contributed by atoms with Crippen molar-refractivity contribution in [2.75, 3.05) is 16.9 Å². The third kappa shape index (κ3) is 2.15. The molecule has 2 unspecified atom stereocenters. The van der Waals surface area contributed by atoms with Crippen molar-refractivity contribution in [3.63, 3.8) is 0 Å². The smallest absolute Gasteiger partial charge is 0.240 e. The number of hydrogen-bond acceptors (Lipinski definition) is 6. The van der Waals surface area contributed by atoms with Gasteiger partial charge in [0, 0.05) is 12.6 Å². The van der Waals surface area contributed by atoms with Crippen LogP contribution in [0.2, 0.25) is 0 Å². The maximum absolute atomic E-state index is 5.48. The fourth-order valence-corrected chi connectivity index (χ4v) is 3.52. The van der Waals surface area contributed by atoms with Gasteiger partial charge in [-0.15, -0.1) is 11.3 Å². The van der Waals surface area contributed by atoms with Gasteiger partial charge in [-0.05, 0) is 37.1 Å². The lowest BCUT2D eigenvalue weighted by Gasteiger charge is -2.39. The summed E-state index contributed by atoms with van der Waals surface area (Å²) in [6, 6.07) is 2.60. The summed E-state index contributed by atoms with van der Waals surface area (Å²) in [4.78, 5) is 12.4. The minimum absolute atomic E-state index is 0.496. The third-order valence-corrected chi connectivity index (χ3v) is 4.89. The first-order valence-corrected chi connectivity index (χ1v) is 7.57. The number of fused-ring (bicyclic) bond motifs is 1. The van der Waals surface area contributed by atoms with Crippen molar-refractivity contribution in [1.29, 1.82) is 0 Å². The van der Waals surface area contributed by atoms with E-state index in [1.165, 1.54) is 12.8 Å². The van der Waals surface area contributed by atoms with Gasteiger partial charge in [0.05, 0.1) is 5.39 Å². The summed E-state index contributed by atoms with van der Waals surface area (Å²) in [5.41, 5.74) is 2.57. The standard InChI is InChI=1S/C13H19N5S/c1-8-4-3-6-18(9(8)2)11-10-5-7-19-12(10)16-13(15-11)17-14/h5,7-9H,3-4,6,14H2,1-2H3,(H,15,16,17). The van der Waals surface area contributed by atoms with Crippen molar-refractivity contribution in [2.24, 2.45) is 11.8 Å². The first-order chi connectivity index (χ1) is 9.20. The Morgan fingerprint density at radius 2 is 2.26 bits per heavy atom. The highest BCUT2D eigenvalue weighted by molar-refractivity contribution is 7.16. The van der Waals surface area contributed by atoms with Gasteiger partial charge < -0.3 is 4.90 Å². The Morgan fingerprint density at radius 3 is 3.05 bits per heavy atom. The van der Waals surface area contributed by atoms with E-state index in [1.54, 1.807) is 11.3 Å². The second kappa shape index (κ2) is 4.94. The first-order valence-electron chi connectivity index (χ1n) is 6.69. The Kier molecular flexibility index (Phi) is 3.28. The Morgan fingerprint density at radius 1 is 1.42 bits per heavy atom. The number of nitrogen functional groups attached to an aromatic ring is 1. The summed E-state index contributed by atoms with van der Waals surface area (Å²) in [6.45, 7) is 5.64. The van der Waals surface area contributed by atoms with Gasteiger partial charge in [0.2, 0.25) is 5.95 Å². The molecule has 102 valence electrons. The predicted molar refractivity (Wildman–Crippen MR) is 80.4 cm³/mol. The molecule has 1 aliphatic heterocycles. The monoisotopic (exact) mass is 277 g/mol. The number of piperidine rings is 1. The molecule has 1 aliphatic rings. The van der Waals surface area contributed by atoms with E-state index in [0.29, 0.717) is 17.9 Å². The Balaban J connectivity index is 2.09. The van der Waals surface area contributed by atoms with Gasteiger partial charge in [0.15, 0.2) is 0 Å². The normalized spacial score (nSPS) is 23.8. The van der Waals surface area contributed by atoms with E-state index in [2.05, 4.69) is 45.6 Å². The molecule has 0 bridgehead atoms. The molecule has 0 aromatic carbocycles. The molecule has 2 aromatic heterocycles. The van der Waals surface area contributed by atoms with Gasteiger partial charge in [0.1, 0.15) is 10.6 Å². The van der Waals surface area contributed by atoms with Crippen molar-refractivity contribution in [3.05, 3.63) is 11.4 Å². The number of thiophene rings is 1. The molecular formula is C13H19N5S. The number of hydrogen-bond donors (Lipinski definition) is 2. The third-order valence-electron chi connectivity index (χ3n) is 4.08. The van der Waals surface area contributed by atoms with Crippen molar-refractivity contribution < 1.29 is 0 Å². The lowest BCUT2D eigenvalue weighted by molar-refractivity contribution is 0.362. The number of nitrogens with two attached hydrogens (primary N) is 1. The summed E-state index contributed by atoms with van der Waals surface area (Å²) in [7, 11) is 0. The molecule has 2 atom stereocenters. The lowest BCUT2D eigenvalue weighted by atomic mass is 9.92. The first kappa shape index (κ1) is 12.6. The number of aromatic nitrogens is 2. The van der Waals surface area contributed by atoms with E-state index < -0.39 is 0 Å². The Labute approximate surface area is 116 Å². The minimum Gasteiger partial charge on any atom is -0.353 e. The van der Waals surface area contributed by atoms with Crippen molar-refractivity contribution in [2.45, 2.75) is 32.7 Å². The van der Waals surface area contributed by atoms with E-state index in [4.69, 9.17) is 5.84 Å². The van der Waals surface area contributed by atoms with Crippen LogP contribution in [0.25, 0.3) is 10.2 Å². The molecule has 6 heteroatoms. The summed E-state index contributed by atoms with van der Waals surface area (Å²) >= 11 is 1.62. The van der Waals surface area contributed by atoms with Crippen LogP contribution in [0.4, 0.5) is 11.8 Å². The van der Waals surface area contributed by atoms with E-state index in [9.17, 15) is 0 Å². The molecule has 0 radical (unpaired) electrons. The van der Waals surface area contributed by atoms with Crippen LogP contribution in [0.5, 0.6) is 0 Å². The van der Waals surface area contributed by atoms with Crippen LogP contribution in [-0.4, -0.2) is 22.6 Å². The average molecular weight is 277 g/mol. The molecule has 3 heterocycles. The van der Waals surface area contributed by atoms with Crippen molar-refractivity contribution in [3.8, 4) is 0 Å². The predicted octanol–water partition coefficient (Wildman–Crippen LogP) is 2.60. The molecular weight excluding hydrogens is 258 g/mol. The van der Waals surface area contributed by atoms with Gasteiger partial charge in [-0.25, -0.2) is 10.8 Å². The van der Waals surface area contributed by atoms with Crippen molar-refractivity contribution in [1.82, 2.24) is 9.97 Å². The molecule has 0 aliphatic carbocycles. The molecule has 2 aromatic rings. The maximum Gasteiger partial charge on any atom is 0.240 e. The second-order valence-electron chi connectivity index (χ2n) is 5.21. The van der Waals surface area contributed by atoms with E-state index in [-0.39, 0.29) is 0 Å². The highest BCUT2D eigenvalue weighted by Gasteiger charge is 2.27. The Bertz CT molecular complexity index is 581. The van der Waals surface area contributed by atoms with Gasteiger partial charge in [0.25, 0.3) is 0 Å². The number of anilines is 2. The van der Waals surface area contributed by atoms with Gasteiger partial charge >= 0.3 is 0 Å². The number of nitrogens with zero attached hydrogens (tertiary/aromatic N) is 3. The van der Waals surface area contributed by atoms with Gasteiger partial charge in [-0.1, -0.05) is 6.92 Å². The molecule has 5 nitrogen and oxygen atoms in total. The molecule has 0 spiro atoms. The summed E-state index contributed by atoms with van der Waals surface area (Å²) in [5, 5.41) is 3.19. The minimum atomic E-state index is 0.496. The molecule has 3 N–H and O–H groups in total. The topological polar surface area (TPSA) is 67.1 Å². The van der Waals surface area contributed by atoms with Gasteiger partial charge in [-0.3, -0.25) is 5.43 Å². The fourth-order valence-electron chi connectivity index (χ4n) is 2.76. The zero-order valence-corrected chi connectivity index (χ0v) is 12.1. The molecule has 0 saturated carbocycles. The van der Waals surface area contributed by atoms with E-state index in [1.807, 2.05) is 0 Å². The van der Waals surface area contributed by atoms with Crippen LogP contribution in [0.1, 0.15) is 26.7 Å². The fraction of sp³-hybridized carbons (Fsp3) is 0.538. The van der Waals surface area contributed by atoms with Crippen LogP contribution < -0.4 is 16.2 Å². The zero-order valence-electron chi connectivity index (χ0n) is 11.3. The second-order valence-corrected chi connectivity index (χ2v) is 6.10. The number of hydrazine groups is 1. The summed E-state index contributed by atoms with van der Waals surface area (Å²) in [5.74, 6) is 7.68. The van der Waals surface area contributed by atoms with Crippen LogP contribution in [0.15, 0.2) is 11.4 Å². The molecule has 0 amide bonds. The highest BCUT2D eigenvalue weighted by Crippen LogP contribution is 2.34. The maximum atomic E-state index is 5.48. The quantitative estimate of drug-likeness (QED) is 0.652. The lowest BCUT2D eigenvalue weighted by Crippen LogP contribution is -2.43.